The zero-order chi connectivity index (χ0) is 13.8. The number of rotatable bonds is 4. The molecule has 0 fully saturated rings. The molecular weight excluding hydrogens is 262 g/mol. The first kappa shape index (κ1) is 13.6. The van der Waals surface area contributed by atoms with Gasteiger partial charge in [-0.1, -0.05) is 17.7 Å². The fourth-order valence-corrected chi connectivity index (χ4v) is 1.89. The maximum Gasteiger partial charge on any atom is 0.159 e. The lowest BCUT2D eigenvalue weighted by molar-refractivity contribution is 0.101. The van der Waals surface area contributed by atoms with Crippen molar-refractivity contribution in [1.82, 2.24) is 4.98 Å². The minimum Gasteiger partial charge on any atom is -0.486 e. The van der Waals surface area contributed by atoms with Crippen molar-refractivity contribution >= 4 is 17.4 Å². The molecule has 0 amide bonds. The van der Waals surface area contributed by atoms with Crippen LogP contribution in [0.1, 0.15) is 28.5 Å². The number of hydrogen-bond donors (Lipinski definition) is 0. The van der Waals surface area contributed by atoms with Crippen LogP contribution in [-0.2, 0) is 6.61 Å². The largest absolute Gasteiger partial charge is 0.486 e. The molecule has 0 N–H and O–H groups in total. The molecule has 0 aliphatic heterocycles. The van der Waals surface area contributed by atoms with Crippen molar-refractivity contribution in [3.63, 3.8) is 0 Å². The Labute approximate surface area is 117 Å². The van der Waals surface area contributed by atoms with Crippen LogP contribution in [0, 0.1) is 6.92 Å². The van der Waals surface area contributed by atoms with E-state index in [1.54, 1.807) is 24.4 Å². The summed E-state index contributed by atoms with van der Waals surface area (Å²) in [5.74, 6) is 0.533. The number of pyridine rings is 1. The van der Waals surface area contributed by atoms with Crippen LogP contribution < -0.4 is 4.74 Å². The lowest BCUT2D eigenvalue weighted by Crippen LogP contribution is -2.01. The summed E-state index contributed by atoms with van der Waals surface area (Å²) in [5, 5.41) is 0.432. The van der Waals surface area contributed by atoms with Crippen molar-refractivity contribution in [3.05, 3.63) is 58.4 Å². The molecule has 1 aromatic carbocycles. The highest BCUT2D eigenvalue weighted by molar-refractivity contribution is 6.32. The second-order valence-corrected chi connectivity index (χ2v) is 4.66. The van der Waals surface area contributed by atoms with E-state index < -0.39 is 0 Å². The van der Waals surface area contributed by atoms with Gasteiger partial charge in [0, 0.05) is 11.8 Å². The lowest BCUT2D eigenvalue weighted by Gasteiger charge is -2.09. The Balaban J connectivity index is 2.12. The van der Waals surface area contributed by atoms with E-state index >= 15 is 0 Å². The highest BCUT2D eigenvalue weighted by Crippen LogP contribution is 2.26. The van der Waals surface area contributed by atoms with Crippen molar-refractivity contribution in [2.45, 2.75) is 20.5 Å². The van der Waals surface area contributed by atoms with Gasteiger partial charge in [0.25, 0.3) is 0 Å². The van der Waals surface area contributed by atoms with E-state index in [2.05, 4.69) is 4.98 Å². The Bertz CT molecular complexity index is 611. The number of nitrogens with zero attached hydrogens (tertiary/aromatic N) is 1. The van der Waals surface area contributed by atoms with E-state index in [0.717, 1.165) is 11.3 Å². The van der Waals surface area contributed by atoms with Crippen LogP contribution in [0.15, 0.2) is 36.5 Å². The minimum atomic E-state index is -0.0194. The van der Waals surface area contributed by atoms with Gasteiger partial charge in [-0.3, -0.25) is 9.78 Å². The summed E-state index contributed by atoms with van der Waals surface area (Å²) < 4.78 is 5.63. The summed E-state index contributed by atoms with van der Waals surface area (Å²) >= 11 is 6.08. The molecule has 1 heterocycles. The third-order valence-corrected chi connectivity index (χ3v) is 3.12. The molecule has 0 unspecified atom stereocenters. The topological polar surface area (TPSA) is 39.2 Å². The number of halogens is 1. The molecule has 2 rings (SSSR count). The van der Waals surface area contributed by atoms with Gasteiger partial charge in [0.1, 0.15) is 12.4 Å². The average molecular weight is 276 g/mol. The van der Waals surface area contributed by atoms with Gasteiger partial charge < -0.3 is 4.74 Å². The average Bonchev–Trinajstić information content (AvgIpc) is 2.39. The molecule has 0 saturated carbocycles. The first-order valence-corrected chi connectivity index (χ1v) is 6.29. The summed E-state index contributed by atoms with van der Waals surface area (Å²) in [5.41, 5.74) is 2.51. The van der Waals surface area contributed by atoms with Crippen molar-refractivity contribution in [2.75, 3.05) is 0 Å². The number of benzene rings is 1. The number of aromatic nitrogens is 1. The van der Waals surface area contributed by atoms with Crippen LogP contribution in [0.5, 0.6) is 5.75 Å². The first-order chi connectivity index (χ1) is 9.08. The SMILES string of the molecule is CC(=O)c1ccc(OCc2ncccc2C)c(Cl)c1. The number of carbonyl (C=O) groups excluding carboxylic acids is 1. The van der Waals surface area contributed by atoms with Gasteiger partial charge in [-0.05, 0) is 43.7 Å². The van der Waals surface area contributed by atoms with Gasteiger partial charge in [0.2, 0.25) is 0 Å². The zero-order valence-electron chi connectivity index (χ0n) is 10.8. The summed E-state index contributed by atoms with van der Waals surface area (Å²) in [6.07, 6.45) is 1.73. The van der Waals surface area contributed by atoms with Crippen LogP contribution in [0.2, 0.25) is 5.02 Å². The fraction of sp³-hybridized carbons (Fsp3) is 0.200. The highest BCUT2D eigenvalue weighted by atomic mass is 35.5. The molecule has 3 nitrogen and oxygen atoms in total. The van der Waals surface area contributed by atoms with Gasteiger partial charge in [-0.15, -0.1) is 0 Å². The molecule has 0 radical (unpaired) electrons. The second kappa shape index (κ2) is 5.85. The molecule has 1 aromatic heterocycles. The predicted octanol–water partition coefficient (Wildman–Crippen LogP) is 3.83. The standard InChI is InChI=1S/C15H14ClNO2/c1-10-4-3-7-17-14(10)9-19-15-6-5-12(11(2)18)8-13(15)16/h3-8H,9H2,1-2H3. The molecule has 98 valence electrons. The van der Waals surface area contributed by atoms with Crippen LogP contribution in [-0.4, -0.2) is 10.8 Å². The number of aryl methyl sites for hydroxylation is 1. The highest BCUT2D eigenvalue weighted by Gasteiger charge is 2.07. The molecule has 0 atom stereocenters. The van der Waals surface area contributed by atoms with E-state index in [1.165, 1.54) is 6.92 Å². The number of ketones is 1. The van der Waals surface area contributed by atoms with Crippen LogP contribution >= 0.6 is 11.6 Å². The molecule has 2 aromatic rings. The smallest absolute Gasteiger partial charge is 0.159 e. The van der Waals surface area contributed by atoms with Gasteiger partial charge >= 0.3 is 0 Å². The zero-order valence-corrected chi connectivity index (χ0v) is 11.6. The number of hydrogen-bond acceptors (Lipinski definition) is 3. The number of Topliss-reactive ketones (excluding diaryl/α,β-unsaturated/α-hetero) is 1. The first-order valence-electron chi connectivity index (χ1n) is 5.91. The Morgan fingerprint density at radius 1 is 1.37 bits per heavy atom. The Morgan fingerprint density at radius 2 is 2.16 bits per heavy atom. The third kappa shape index (κ3) is 3.32. The molecule has 4 heteroatoms. The minimum absolute atomic E-state index is 0.0194. The molecule has 0 bridgehead atoms. The molecule has 0 saturated heterocycles. The summed E-state index contributed by atoms with van der Waals surface area (Å²) in [7, 11) is 0. The van der Waals surface area contributed by atoms with Gasteiger partial charge in [-0.25, -0.2) is 0 Å². The van der Waals surface area contributed by atoms with Crippen LogP contribution in [0.25, 0.3) is 0 Å². The summed E-state index contributed by atoms with van der Waals surface area (Å²) in [4.78, 5) is 15.5. The quantitative estimate of drug-likeness (QED) is 0.796. The maximum absolute atomic E-state index is 11.2. The maximum atomic E-state index is 11.2. The number of carbonyl (C=O) groups is 1. The van der Waals surface area contributed by atoms with Gasteiger partial charge in [0.05, 0.1) is 10.7 Å². The Kier molecular flexibility index (Phi) is 4.17. The van der Waals surface area contributed by atoms with Crippen molar-refractivity contribution in [1.29, 1.82) is 0 Å². The van der Waals surface area contributed by atoms with E-state index in [0.29, 0.717) is 22.9 Å². The molecule has 0 aliphatic rings. The molecule has 0 spiro atoms. The van der Waals surface area contributed by atoms with E-state index in [-0.39, 0.29) is 5.78 Å². The van der Waals surface area contributed by atoms with E-state index in [9.17, 15) is 4.79 Å². The summed E-state index contributed by atoms with van der Waals surface area (Å²) in [6.45, 7) is 3.83. The predicted molar refractivity (Wildman–Crippen MR) is 74.8 cm³/mol. The van der Waals surface area contributed by atoms with E-state index in [1.807, 2.05) is 19.1 Å². The molecule has 0 aliphatic carbocycles. The van der Waals surface area contributed by atoms with Crippen LogP contribution in [0.3, 0.4) is 0 Å². The lowest BCUT2D eigenvalue weighted by atomic mass is 10.1. The summed E-state index contributed by atoms with van der Waals surface area (Å²) in [6, 6.07) is 8.89. The Hall–Kier alpha value is -1.87. The van der Waals surface area contributed by atoms with Gasteiger partial charge in [-0.2, -0.15) is 0 Å². The second-order valence-electron chi connectivity index (χ2n) is 4.26. The van der Waals surface area contributed by atoms with Crippen LogP contribution in [0.4, 0.5) is 0 Å². The van der Waals surface area contributed by atoms with Crippen molar-refractivity contribution in [3.8, 4) is 5.75 Å². The molecular formula is C15H14ClNO2. The Morgan fingerprint density at radius 3 is 2.79 bits per heavy atom. The number of ether oxygens (including phenoxy) is 1. The van der Waals surface area contributed by atoms with Crippen molar-refractivity contribution < 1.29 is 9.53 Å². The molecule has 19 heavy (non-hydrogen) atoms. The monoisotopic (exact) mass is 275 g/mol. The third-order valence-electron chi connectivity index (χ3n) is 2.82. The fourth-order valence-electron chi connectivity index (χ4n) is 1.65. The van der Waals surface area contributed by atoms with Crippen molar-refractivity contribution in [2.24, 2.45) is 0 Å². The van der Waals surface area contributed by atoms with E-state index in [4.69, 9.17) is 16.3 Å². The van der Waals surface area contributed by atoms with Gasteiger partial charge in [0.15, 0.2) is 5.78 Å². The normalized spacial score (nSPS) is 10.3.